The molecule has 0 saturated carbocycles. The fourth-order valence-corrected chi connectivity index (χ4v) is 2.40. The molecule has 3 heteroatoms. The van der Waals surface area contributed by atoms with E-state index in [0.29, 0.717) is 6.61 Å². The van der Waals surface area contributed by atoms with Crippen LogP contribution in [0.1, 0.15) is 30.9 Å². The summed E-state index contributed by atoms with van der Waals surface area (Å²) in [5.74, 6) is -0.235. The van der Waals surface area contributed by atoms with Gasteiger partial charge in [0, 0.05) is 0 Å². The smallest absolute Gasteiger partial charge is 0.308 e. The highest BCUT2D eigenvalue weighted by Gasteiger charge is 2.12. The second-order valence-electron chi connectivity index (χ2n) is 5.88. The Morgan fingerprint density at radius 2 is 1.42 bits per heavy atom. The fourth-order valence-electron chi connectivity index (χ4n) is 2.40. The summed E-state index contributed by atoms with van der Waals surface area (Å²) in [5.41, 5.74) is 2.22. The Kier molecular flexibility index (Phi) is 8.95. The molecular weight excluding hydrogens is 324 g/mol. The SMILES string of the molecule is CCC(CC(=O)OC/C=C/c1ccccc1)OC/C=C/c1ccccc1. The van der Waals surface area contributed by atoms with Crippen LogP contribution in [0, 0.1) is 0 Å². The van der Waals surface area contributed by atoms with E-state index >= 15 is 0 Å². The molecule has 0 N–H and O–H groups in total. The molecule has 0 aliphatic heterocycles. The normalized spacial score (nSPS) is 12.5. The summed E-state index contributed by atoms with van der Waals surface area (Å²) in [7, 11) is 0. The van der Waals surface area contributed by atoms with Crippen molar-refractivity contribution in [1.82, 2.24) is 0 Å². The Labute approximate surface area is 156 Å². The minimum Gasteiger partial charge on any atom is -0.461 e. The van der Waals surface area contributed by atoms with Crippen molar-refractivity contribution in [1.29, 1.82) is 0 Å². The average molecular weight is 350 g/mol. The van der Waals surface area contributed by atoms with Gasteiger partial charge in [0.2, 0.25) is 0 Å². The Hall–Kier alpha value is -2.65. The lowest BCUT2D eigenvalue weighted by atomic mass is 10.2. The Balaban J connectivity index is 1.65. The number of carbonyl (C=O) groups excluding carboxylic acids is 1. The highest BCUT2D eigenvalue weighted by molar-refractivity contribution is 5.70. The molecule has 0 heterocycles. The molecule has 0 saturated heterocycles. The maximum absolute atomic E-state index is 11.9. The van der Waals surface area contributed by atoms with E-state index in [9.17, 15) is 4.79 Å². The van der Waals surface area contributed by atoms with Gasteiger partial charge < -0.3 is 9.47 Å². The van der Waals surface area contributed by atoms with Gasteiger partial charge in [0.05, 0.1) is 19.1 Å². The lowest BCUT2D eigenvalue weighted by Crippen LogP contribution is -2.19. The highest BCUT2D eigenvalue weighted by Crippen LogP contribution is 2.07. The molecule has 136 valence electrons. The van der Waals surface area contributed by atoms with E-state index in [1.54, 1.807) is 0 Å². The first-order valence-electron chi connectivity index (χ1n) is 8.98. The topological polar surface area (TPSA) is 35.5 Å². The molecular formula is C23H26O3. The van der Waals surface area contributed by atoms with Crippen molar-refractivity contribution in [2.24, 2.45) is 0 Å². The zero-order chi connectivity index (χ0) is 18.5. The number of rotatable bonds is 10. The van der Waals surface area contributed by atoms with Crippen LogP contribution in [0.4, 0.5) is 0 Å². The van der Waals surface area contributed by atoms with E-state index in [1.165, 1.54) is 0 Å². The van der Waals surface area contributed by atoms with E-state index in [-0.39, 0.29) is 25.1 Å². The van der Waals surface area contributed by atoms with E-state index in [1.807, 2.05) is 91.9 Å². The van der Waals surface area contributed by atoms with Crippen LogP contribution in [0.25, 0.3) is 12.2 Å². The summed E-state index contributed by atoms with van der Waals surface area (Å²) in [6.45, 7) is 2.76. The molecule has 2 aromatic rings. The lowest BCUT2D eigenvalue weighted by molar-refractivity contribution is -0.145. The maximum atomic E-state index is 11.9. The van der Waals surface area contributed by atoms with Gasteiger partial charge >= 0.3 is 5.97 Å². The van der Waals surface area contributed by atoms with Gasteiger partial charge in [-0.1, -0.05) is 85.8 Å². The van der Waals surface area contributed by atoms with Gasteiger partial charge in [-0.2, -0.15) is 0 Å². The van der Waals surface area contributed by atoms with Gasteiger partial charge in [0.15, 0.2) is 0 Å². The van der Waals surface area contributed by atoms with Crippen molar-refractivity contribution < 1.29 is 14.3 Å². The van der Waals surface area contributed by atoms with Crippen LogP contribution in [-0.2, 0) is 14.3 Å². The highest BCUT2D eigenvalue weighted by atomic mass is 16.5. The Morgan fingerprint density at radius 3 is 1.96 bits per heavy atom. The van der Waals surface area contributed by atoms with Crippen molar-refractivity contribution in [3.63, 3.8) is 0 Å². The number of carbonyl (C=O) groups is 1. The number of esters is 1. The molecule has 0 amide bonds. The third-order valence-corrected chi connectivity index (χ3v) is 3.84. The zero-order valence-electron chi connectivity index (χ0n) is 15.2. The second-order valence-corrected chi connectivity index (χ2v) is 5.88. The Morgan fingerprint density at radius 1 is 0.885 bits per heavy atom. The third-order valence-electron chi connectivity index (χ3n) is 3.84. The molecule has 0 aromatic heterocycles. The average Bonchev–Trinajstić information content (AvgIpc) is 2.69. The lowest BCUT2D eigenvalue weighted by Gasteiger charge is -2.13. The fraction of sp³-hybridized carbons (Fsp3) is 0.261. The minimum atomic E-state index is -0.235. The molecule has 0 spiro atoms. The van der Waals surface area contributed by atoms with E-state index in [4.69, 9.17) is 9.47 Å². The first-order valence-corrected chi connectivity index (χ1v) is 8.98. The van der Waals surface area contributed by atoms with E-state index in [0.717, 1.165) is 17.5 Å². The van der Waals surface area contributed by atoms with Crippen LogP contribution in [0.5, 0.6) is 0 Å². The molecule has 1 atom stereocenters. The van der Waals surface area contributed by atoms with Crippen molar-refractivity contribution in [3.8, 4) is 0 Å². The van der Waals surface area contributed by atoms with Crippen molar-refractivity contribution >= 4 is 18.1 Å². The third kappa shape index (κ3) is 7.95. The molecule has 0 radical (unpaired) electrons. The molecule has 3 nitrogen and oxygen atoms in total. The van der Waals surface area contributed by atoms with Crippen molar-refractivity contribution in [2.45, 2.75) is 25.9 Å². The van der Waals surface area contributed by atoms with Crippen molar-refractivity contribution in [2.75, 3.05) is 13.2 Å². The molecule has 2 rings (SSSR count). The summed E-state index contributed by atoms with van der Waals surface area (Å²) < 4.78 is 11.0. The largest absolute Gasteiger partial charge is 0.461 e. The van der Waals surface area contributed by atoms with Crippen LogP contribution >= 0.6 is 0 Å². The van der Waals surface area contributed by atoms with Gasteiger partial charge in [-0.25, -0.2) is 0 Å². The Bertz CT molecular complexity index is 690. The summed E-state index contributed by atoms with van der Waals surface area (Å²) in [4.78, 5) is 11.9. The number of hydrogen-bond donors (Lipinski definition) is 0. The number of ether oxygens (including phenoxy) is 2. The molecule has 0 fully saturated rings. The van der Waals surface area contributed by atoms with Gasteiger partial charge in [-0.15, -0.1) is 0 Å². The maximum Gasteiger partial charge on any atom is 0.308 e. The monoisotopic (exact) mass is 350 g/mol. The molecule has 26 heavy (non-hydrogen) atoms. The molecule has 0 bridgehead atoms. The van der Waals surface area contributed by atoms with Crippen LogP contribution in [0.2, 0.25) is 0 Å². The quantitative estimate of drug-likeness (QED) is 0.557. The molecule has 0 aliphatic rings. The standard InChI is InChI=1S/C23H26O3/c1-2-22(25-17-9-15-20-11-5-3-6-12-20)19-23(24)26-18-10-16-21-13-7-4-8-14-21/h3-16,22H,2,17-19H2,1H3/b15-9+,16-10+. The molecule has 2 aromatic carbocycles. The van der Waals surface area contributed by atoms with E-state index < -0.39 is 0 Å². The van der Waals surface area contributed by atoms with Crippen molar-refractivity contribution in [3.05, 3.63) is 83.9 Å². The molecule has 1 unspecified atom stereocenters. The van der Waals surface area contributed by atoms with Gasteiger partial charge in [0.1, 0.15) is 6.61 Å². The molecule has 0 aliphatic carbocycles. The van der Waals surface area contributed by atoms with Crippen LogP contribution in [0.15, 0.2) is 72.8 Å². The predicted molar refractivity (Wildman–Crippen MR) is 107 cm³/mol. The first kappa shape index (κ1) is 19.7. The second kappa shape index (κ2) is 11.8. The summed E-state index contributed by atoms with van der Waals surface area (Å²) >= 11 is 0. The van der Waals surface area contributed by atoms with Crippen LogP contribution in [0.3, 0.4) is 0 Å². The van der Waals surface area contributed by atoms with Crippen LogP contribution < -0.4 is 0 Å². The van der Waals surface area contributed by atoms with Gasteiger partial charge in [0.25, 0.3) is 0 Å². The predicted octanol–water partition coefficient (Wildman–Crippen LogP) is 5.14. The van der Waals surface area contributed by atoms with E-state index in [2.05, 4.69) is 0 Å². The summed E-state index contributed by atoms with van der Waals surface area (Å²) in [6, 6.07) is 20.0. The zero-order valence-corrected chi connectivity index (χ0v) is 15.2. The first-order chi connectivity index (χ1) is 12.8. The van der Waals surface area contributed by atoms with Gasteiger partial charge in [-0.05, 0) is 23.6 Å². The van der Waals surface area contributed by atoms with Crippen LogP contribution in [-0.4, -0.2) is 25.3 Å². The minimum absolute atomic E-state index is 0.124. The summed E-state index contributed by atoms with van der Waals surface area (Å²) in [6.07, 6.45) is 8.68. The number of hydrogen-bond acceptors (Lipinski definition) is 3. The van der Waals surface area contributed by atoms with Gasteiger partial charge in [-0.3, -0.25) is 4.79 Å². The summed E-state index contributed by atoms with van der Waals surface area (Å²) in [5, 5.41) is 0. The number of benzene rings is 2.